The SMILES string of the molecule is COc1ccc(CNCC2CC(N)C2)cc1. The molecule has 0 aliphatic heterocycles. The maximum Gasteiger partial charge on any atom is 0.118 e. The van der Waals surface area contributed by atoms with Gasteiger partial charge in [-0.3, -0.25) is 0 Å². The normalized spacial score (nSPS) is 23.9. The predicted molar refractivity (Wildman–Crippen MR) is 65.4 cm³/mol. The maximum absolute atomic E-state index is 5.74. The number of rotatable bonds is 5. The van der Waals surface area contributed by atoms with Crippen LogP contribution in [0.2, 0.25) is 0 Å². The minimum Gasteiger partial charge on any atom is -0.497 e. The van der Waals surface area contributed by atoms with Gasteiger partial charge in [0.15, 0.2) is 0 Å². The summed E-state index contributed by atoms with van der Waals surface area (Å²) in [6.07, 6.45) is 2.35. The molecular weight excluding hydrogens is 200 g/mol. The highest BCUT2D eigenvalue weighted by Crippen LogP contribution is 2.24. The fourth-order valence-electron chi connectivity index (χ4n) is 2.12. The van der Waals surface area contributed by atoms with E-state index in [0.717, 1.165) is 24.8 Å². The van der Waals surface area contributed by atoms with Crippen LogP contribution in [0.15, 0.2) is 24.3 Å². The molecule has 0 amide bonds. The molecule has 1 aliphatic rings. The third-order valence-electron chi connectivity index (χ3n) is 3.19. The Labute approximate surface area is 97.0 Å². The van der Waals surface area contributed by atoms with Gasteiger partial charge in [0, 0.05) is 12.6 Å². The van der Waals surface area contributed by atoms with Gasteiger partial charge in [0.05, 0.1) is 7.11 Å². The maximum atomic E-state index is 5.74. The second-order valence-corrected chi connectivity index (χ2v) is 4.58. The summed E-state index contributed by atoms with van der Waals surface area (Å²) in [5.74, 6) is 1.70. The van der Waals surface area contributed by atoms with Gasteiger partial charge in [-0.2, -0.15) is 0 Å². The van der Waals surface area contributed by atoms with Gasteiger partial charge in [0.1, 0.15) is 5.75 Å². The Kier molecular flexibility index (Phi) is 3.80. The molecule has 3 N–H and O–H groups in total. The number of hydrogen-bond acceptors (Lipinski definition) is 3. The van der Waals surface area contributed by atoms with Gasteiger partial charge >= 0.3 is 0 Å². The van der Waals surface area contributed by atoms with E-state index in [0.29, 0.717) is 6.04 Å². The van der Waals surface area contributed by atoms with E-state index in [1.54, 1.807) is 7.11 Å². The number of nitrogens with two attached hydrogens (primary N) is 1. The number of nitrogens with one attached hydrogen (secondary N) is 1. The van der Waals surface area contributed by atoms with Gasteiger partial charge < -0.3 is 15.8 Å². The molecule has 0 atom stereocenters. The van der Waals surface area contributed by atoms with Gasteiger partial charge in [-0.05, 0) is 43.0 Å². The van der Waals surface area contributed by atoms with Crippen LogP contribution in [0.5, 0.6) is 5.75 Å². The lowest BCUT2D eigenvalue weighted by atomic mass is 9.81. The van der Waals surface area contributed by atoms with Crippen LogP contribution in [0.3, 0.4) is 0 Å². The highest BCUT2D eigenvalue weighted by atomic mass is 16.5. The quantitative estimate of drug-likeness (QED) is 0.791. The fourth-order valence-corrected chi connectivity index (χ4v) is 2.12. The van der Waals surface area contributed by atoms with Gasteiger partial charge in [0.2, 0.25) is 0 Å². The van der Waals surface area contributed by atoms with E-state index in [1.807, 2.05) is 12.1 Å². The zero-order valence-electron chi connectivity index (χ0n) is 9.78. The van der Waals surface area contributed by atoms with E-state index < -0.39 is 0 Å². The minimum absolute atomic E-state index is 0.452. The van der Waals surface area contributed by atoms with Crippen molar-refractivity contribution in [3.8, 4) is 5.75 Å². The second-order valence-electron chi connectivity index (χ2n) is 4.58. The summed E-state index contributed by atoms with van der Waals surface area (Å²) in [5.41, 5.74) is 7.04. The summed E-state index contributed by atoms with van der Waals surface area (Å²) in [6, 6.07) is 8.64. The zero-order chi connectivity index (χ0) is 11.4. The van der Waals surface area contributed by atoms with E-state index in [4.69, 9.17) is 10.5 Å². The molecule has 1 fully saturated rings. The molecule has 0 unspecified atom stereocenters. The summed E-state index contributed by atoms with van der Waals surface area (Å²) >= 11 is 0. The third-order valence-corrected chi connectivity index (χ3v) is 3.19. The van der Waals surface area contributed by atoms with Crippen molar-refractivity contribution in [3.05, 3.63) is 29.8 Å². The van der Waals surface area contributed by atoms with E-state index in [-0.39, 0.29) is 0 Å². The molecule has 16 heavy (non-hydrogen) atoms. The predicted octanol–water partition coefficient (Wildman–Crippen LogP) is 1.52. The summed E-state index contributed by atoms with van der Waals surface area (Å²) in [5, 5.41) is 3.47. The number of hydrogen-bond donors (Lipinski definition) is 2. The summed E-state index contributed by atoms with van der Waals surface area (Å²) < 4.78 is 5.12. The van der Waals surface area contributed by atoms with Crippen LogP contribution < -0.4 is 15.8 Å². The standard InChI is InChI=1S/C13H20N2O/c1-16-13-4-2-10(3-5-13)8-15-9-11-6-12(14)7-11/h2-5,11-12,15H,6-9,14H2,1H3. The van der Waals surface area contributed by atoms with Gasteiger partial charge in [-0.25, -0.2) is 0 Å². The van der Waals surface area contributed by atoms with Crippen molar-refractivity contribution in [3.63, 3.8) is 0 Å². The second kappa shape index (κ2) is 5.32. The van der Waals surface area contributed by atoms with Crippen LogP contribution >= 0.6 is 0 Å². The Morgan fingerprint density at radius 3 is 2.56 bits per heavy atom. The molecule has 1 aliphatic carbocycles. The van der Waals surface area contributed by atoms with Crippen LogP contribution in [0.1, 0.15) is 18.4 Å². The van der Waals surface area contributed by atoms with Crippen molar-refractivity contribution in [2.75, 3.05) is 13.7 Å². The van der Waals surface area contributed by atoms with Crippen LogP contribution in [0.25, 0.3) is 0 Å². The van der Waals surface area contributed by atoms with Gasteiger partial charge in [-0.15, -0.1) is 0 Å². The summed E-state index contributed by atoms with van der Waals surface area (Å²) in [7, 11) is 1.69. The highest BCUT2D eigenvalue weighted by molar-refractivity contribution is 5.26. The minimum atomic E-state index is 0.452. The Morgan fingerprint density at radius 1 is 1.31 bits per heavy atom. The highest BCUT2D eigenvalue weighted by Gasteiger charge is 2.24. The van der Waals surface area contributed by atoms with Crippen LogP contribution in [0, 0.1) is 5.92 Å². The molecule has 0 heterocycles. The van der Waals surface area contributed by atoms with E-state index in [9.17, 15) is 0 Å². The molecule has 0 spiro atoms. The van der Waals surface area contributed by atoms with E-state index in [1.165, 1.54) is 18.4 Å². The Morgan fingerprint density at radius 2 is 2.00 bits per heavy atom. The molecule has 3 nitrogen and oxygen atoms in total. The molecule has 0 aromatic heterocycles. The molecule has 3 heteroatoms. The first-order valence-corrected chi connectivity index (χ1v) is 5.87. The molecule has 0 radical (unpaired) electrons. The Hall–Kier alpha value is -1.06. The lowest BCUT2D eigenvalue weighted by molar-refractivity contribution is 0.256. The van der Waals surface area contributed by atoms with Crippen LogP contribution in [-0.4, -0.2) is 19.7 Å². The Bertz CT molecular complexity index is 317. The molecular formula is C13H20N2O. The zero-order valence-corrected chi connectivity index (χ0v) is 9.78. The molecule has 1 aromatic rings. The molecule has 0 saturated heterocycles. The number of benzene rings is 1. The Balaban J connectivity index is 1.68. The monoisotopic (exact) mass is 220 g/mol. The molecule has 88 valence electrons. The fraction of sp³-hybridized carbons (Fsp3) is 0.538. The van der Waals surface area contributed by atoms with Gasteiger partial charge in [0.25, 0.3) is 0 Å². The first kappa shape index (κ1) is 11.4. The molecule has 1 saturated carbocycles. The largest absolute Gasteiger partial charge is 0.497 e. The van der Waals surface area contributed by atoms with Crippen molar-refractivity contribution in [2.45, 2.75) is 25.4 Å². The van der Waals surface area contributed by atoms with Crippen molar-refractivity contribution in [1.29, 1.82) is 0 Å². The first-order chi connectivity index (χ1) is 7.78. The number of methoxy groups -OCH3 is 1. The molecule has 1 aromatic carbocycles. The third kappa shape index (κ3) is 2.97. The van der Waals surface area contributed by atoms with Crippen molar-refractivity contribution in [1.82, 2.24) is 5.32 Å². The van der Waals surface area contributed by atoms with Crippen LogP contribution in [0.4, 0.5) is 0 Å². The average Bonchev–Trinajstić information content (AvgIpc) is 2.27. The summed E-state index contributed by atoms with van der Waals surface area (Å²) in [6.45, 7) is 2.01. The summed E-state index contributed by atoms with van der Waals surface area (Å²) in [4.78, 5) is 0. The van der Waals surface area contributed by atoms with E-state index >= 15 is 0 Å². The molecule has 0 bridgehead atoms. The van der Waals surface area contributed by atoms with Crippen molar-refractivity contribution in [2.24, 2.45) is 11.7 Å². The topological polar surface area (TPSA) is 47.3 Å². The average molecular weight is 220 g/mol. The van der Waals surface area contributed by atoms with Crippen molar-refractivity contribution < 1.29 is 4.74 Å². The van der Waals surface area contributed by atoms with E-state index in [2.05, 4.69) is 17.4 Å². The smallest absolute Gasteiger partial charge is 0.118 e. The lowest BCUT2D eigenvalue weighted by Gasteiger charge is -2.32. The lowest BCUT2D eigenvalue weighted by Crippen LogP contribution is -2.41. The van der Waals surface area contributed by atoms with Crippen molar-refractivity contribution >= 4 is 0 Å². The molecule has 2 rings (SSSR count). The first-order valence-electron chi connectivity index (χ1n) is 5.87. The van der Waals surface area contributed by atoms with Gasteiger partial charge in [-0.1, -0.05) is 12.1 Å². The van der Waals surface area contributed by atoms with Crippen LogP contribution in [-0.2, 0) is 6.54 Å². The number of ether oxygens (including phenoxy) is 1.